The molecule has 0 unspecified atom stereocenters. The van der Waals surface area contributed by atoms with E-state index in [-0.39, 0.29) is 12.0 Å². The van der Waals surface area contributed by atoms with Crippen molar-refractivity contribution in [2.24, 2.45) is 0 Å². The lowest BCUT2D eigenvalue weighted by atomic mass is 10.2. The molecule has 0 aliphatic rings. The number of hydrogen-bond donors (Lipinski definition) is 1. The summed E-state index contributed by atoms with van der Waals surface area (Å²) >= 11 is 0. The quantitative estimate of drug-likeness (QED) is 0.900. The van der Waals surface area contributed by atoms with Crippen LogP contribution in [0.3, 0.4) is 0 Å². The monoisotopic (exact) mass is 273 g/mol. The van der Waals surface area contributed by atoms with Crippen molar-refractivity contribution in [1.29, 1.82) is 0 Å². The zero-order valence-electron chi connectivity index (χ0n) is 12.0. The van der Waals surface area contributed by atoms with Gasteiger partial charge in [-0.25, -0.2) is 0 Å². The molecular formula is C14H19N5O. The second-order valence-corrected chi connectivity index (χ2v) is 4.52. The van der Waals surface area contributed by atoms with E-state index >= 15 is 0 Å². The van der Waals surface area contributed by atoms with Crippen LogP contribution in [0.25, 0.3) is 0 Å². The molecule has 2 rings (SSSR count). The van der Waals surface area contributed by atoms with Crippen LogP contribution in [0.1, 0.15) is 18.9 Å². The van der Waals surface area contributed by atoms with Crippen LogP contribution < -0.4 is 15.4 Å². The van der Waals surface area contributed by atoms with Crippen LogP contribution in [0.2, 0.25) is 0 Å². The van der Waals surface area contributed by atoms with Crippen LogP contribution >= 0.6 is 0 Å². The molecule has 0 spiro atoms. The number of rotatable bonds is 5. The highest BCUT2D eigenvalue weighted by molar-refractivity contribution is 5.57. The highest BCUT2D eigenvalue weighted by Crippen LogP contribution is 2.22. The molecule has 0 atom stereocenters. The fourth-order valence-corrected chi connectivity index (χ4v) is 1.72. The molecule has 0 saturated carbocycles. The largest absolute Gasteiger partial charge is 0.463 e. The van der Waals surface area contributed by atoms with Crippen molar-refractivity contribution >= 4 is 17.6 Å². The third-order valence-corrected chi connectivity index (χ3v) is 2.74. The maximum absolute atomic E-state index is 5.71. The van der Waals surface area contributed by atoms with E-state index in [1.807, 2.05) is 50.1 Å². The molecule has 2 aromatic rings. The van der Waals surface area contributed by atoms with Gasteiger partial charge < -0.3 is 15.4 Å². The zero-order valence-corrected chi connectivity index (χ0v) is 12.0. The Labute approximate surface area is 118 Å². The fraction of sp³-hybridized carbons (Fsp3) is 0.357. The minimum Gasteiger partial charge on any atom is -0.463 e. The van der Waals surface area contributed by atoms with Crippen molar-refractivity contribution in [3.8, 4) is 6.01 Å². The number of benzene rings is 1. The first-order valence-corrected chi connectivity index (χ1v) is 6.55. The van der Waals surface area contributed by atoms with Crippen molar-refractivity contribution < 1.29 is 4.74 Å². The standard InChI is InChI=1S/C14H19N5O/c1-4-8-20-14-17-12(15)16-13(18-14)19(3)11-7-5-6-10(2)9-11/h5-7,9H,4,8H2,1-3H3,(H2,15,16,17,18). The number of aromatic nitrogens is 3. The summed E-state index contributed by atoms with van der Waals surface area (Å²) in [6.45, 7) is 4.61. The first kappa shape index (κ1) is 14.0. The molecule has 0 aliphatic heterocycles. The normalized spacial score (nSPS) is 10.3. The number of aryl methyl sites for hydroxylation is 1. The van der Waals surface area contributed by atoms with Crippen LogP contribution in [0.5, 0.6) is 6.01 Å². The predicted molar refractivity (Wildman–Crippen MR) is 79.3 cm³/mol. The number of hydrogen-bond acceptors (Lipinski definition) is 6. The van der Waals surface area contributed by atoms with Gasteiger partial charge in [0, 0.05) is 12.7 Å². The van der Waals surface area contributed by atoms with Gasteiger partial charge in [0.1, 0.15) is 0 Å². The molecule has 0 amide bonds. The summed E-state index contributed by atoms with van der Waals surface area (Å²) in [5.41, 5.74) is 7.86. The lowest BCUT2D eigenvalue weighted by Gasteiger charge is -2.18. The molecule has 1 aromatic heterocycles. The Kier molecular flexibility index (Phi) is 4.34. The van der Waals surface area contributed by atoms with Gasteiger partial charge >= 0.3 is 6.01 Å². The summed E-state index contributed by atoms with van der Waals surface area (Å²) in [6.07, 6.45) is 0.884. The molecule has 0 saturated heterocycles. The molecule has 0 radical (unpaired) electrons. The Bertz CT molecular complexity index is 588. The third-order valence-electron chi connectivity index (χ3n) is 2.74. The van der Waals surface area contributed by atoms with Gasteiger partial charge in [-0.2, -0.15) is 15.0 Å². The minimum atomic E-state index is 0.153. The summed E-state index contributed by atoms with van der Waals surface area (Å²) in [6, 6.07) is 8.31. The van der Waals surface area contributed by atoms with Gasteiger partial charge in [-0.1, -0.05) is 19.1 Å². The Morgan fingerprint density at radius 3 is 2.75 bits per heavy atom. The van der Waals surface area contributed by atoms with Gasteiger partial charge in [-0.3, -0.25) is 0 Å². The molecule has 0 bridgehead atoms. The predicted octanol–water partition coefficient (Wildman–Crippen LogP) is 2.32. The number of nitrogens with two attached hydrogens (primary N) is 1. The van der Waals surface area contributed by atoms with E-state index in [9.17, 15) is 0 Å². The van der Waals surface area contributed by atoms with Crippen LogP contribution in [-0.2, 0) is 0 Å². The average molecular weight is 273 g/mol. The van der Waals surface area contributed by atoms with Crippen molar-refractivity contribution in [3.63, 3.8) is 0 Å². The Balaban J connectivity index is 2.29. The van der Waals surface area contributed by atoms with Crippen LogP contribution in [-0.4, -0.2) is 28.6 Å². The first-order chi connectivity index (χ1) is 9.60. The average Bonchev–Trinajstić information content (AvgIpc) is 2.43. The second-order valence-electron chi connectivity index (χ2n) is 4.52. The van der Waals surface area contributed by atoms with E-state index in [4.69, 9.17) is 10.5 Å². The Hall–Kier alpha value is -2.37. The van der Waals surface area contributed by atoms with E-state index < -0.39 is 0 Å². The fourth-order valence-electron chi connectivity index (χ4n) is 1.72. The number of nitrogens with zero attached hydrogens (tertiary/aromatic N) is 4. The molecule has 0 aliphatic carbocycles. The molecule has 20 heavy (non-hydrogen) atoms. The maximum atomic E-state index is 5.71. The SMILES string of the molecule is CCCOc1nc(N)nc(N(C)c2cccc(C)c2)n1. The molecule has 6 heteroatoms. The molecular weight excluding hydrogens is 254 g/mol. The third kappa shape index (κ3) is 3.34. The van der Waals surface area contributed by atoms with Crippen molar-refractivity contribution in [2.45, 2.75) is 20.3 Å². The summed E-state index contributed by atoms with van der Waals surface area (Å²) < 4.78 is 5.42. The van der Waals surface area contributed by atoms with Crippen LogP contribution in [0, 0.1) is 6.92 Å². The molecule has 1 heterocycles. The highest BCUT2D eigenvalue weighted by atomic mass is 16.5. The topological polar surface area (TPSA) is 77.2 Å². The maximum Gasteiger partial charge on any atom is 0.323 e. The van der Waals surface area contributed by atoms with E-state index in [1.165, 1.54) is 5.56 Å². The zero-order chi connectivity index (χ0) is 14.5. The van der Waals surface area contributed by atoms with Gasteiger partial charge in [0.05, 0.1) is 6.61 Å². The van der Waals surface area contributed by atoms with E-state index in [2.05, 4.69) is 15.0 Å². The van der Waals surface area contributed by atoms with Crippen LogP contribution in [0.15, 0.2) is 24.3 Å². The van der Waals surface area contributed by atoms with E-state index in [0.29, 0.717) is 12.6 Å². The van der Waals surface area contributed by atoms with Crippen LogP contribution in [0.4, 0.5) is 17.6 Å². The number of nitrogen functional groups attached to an aromatic ring is 1. The van der Waals surface area contributed by atoms with Gasteiger partial charge in [0.25, 0.3) is 0 Å². The highest BCUT2D eigenvalue weighted by Gasteiger charge is 2.11. The summed E-state index contributed by atoms with van der Waals surface area (Å²) in [4.78, 5) is 14.3. The summed E-state index contributed by atoms with van der Waals surface area (Å²) in [5, 5.41) is 0. The van der Waals surface area contributed by atoms with Crippen molar-refractivity contribution in [1.82, 2.24) is 15.0 Å². The van der Waals surface area contributed by atoms with Gasteiger partial charge in [0.15, 0.2) is 0 Å². The Morgan fingerprint density at radius 2 is 2.05 bits per heavy atom. The minimum absolute atomic E-state index is 0.153. The van der Waals surface area contributed by atoms with Crippen molar-refractivity contribution in [2.75, 3.05) is 24.3 Å². The second kappa shape index (κ2) is 6.18. The first-order valence-electron chi connectivity index (χ1n) is 6.55. The Morgan fingerprint density at radius 1 is 1.25 bits per heavy atom. The van der Waals surface area contributed by atoms with Gasteiger partial charge in [-0.15, -0.1) is 0 Å². The lowest BCUT2D eigenvalue weighted by Crippen LogP contribution is -2.16. The molecule has 6 nitrogen and oxygen atoms in total. The molecule has 1 aromatic carbocycles. The van der Waals surface area contributed by atoms with Gasteiger partial charge in [-0.05, 0) is 31.0 Å². The molecule has 106 valence electrons. The number of ether oxygens (including phenoxy) is 1. The summed E-state index contributed by atoms with van der Waals surface area (Å²) in [7, 11) is 1.88. The molecule has 0 fully saturated rings. The lowest BCUT2D eigenvalue weighted by molar-refractivity contribution is 0.292. The van der Waals surface area contributed by atoms with Gasteiger partial charge in [0.2, 0.25) is 11.9 Å². The van der Waals surface area contributed by atoms with E-state index in [0.717, 1.165) is 12.1 Å². The summed E-state index contributed by atoms with van der Waals surface area (Å²) in [5.74, 6) is 0.620. The molecule has 2 N–H and O–H groups in total. The number of anilines is 3. The smallest absolute Gasteiger partial charge is 0.323 e. The van der Waals surface area contributed by atoms with E-state index in [1.54, 1.807) is 0 Å². The van der Waals surface area contributed by atoms with Crippen molar-refractivity contribution in [3.05, 3.63) is 29.8 Å².